The molecule has 0 atom stereocenters. The molecule has 2 heterocycles. The van der Waals surface area contributed by atoms with Crippen LogP contribution in [0, 0.1) is 6.92 Å². The molecular formula is C19H17N5O. The number of benzene rings is 2. The fourth-order valence-corrected chi connectivity index (χ4v) is 2.68. The van der Waals surface area contributed by atoms with Crippen molar-refractivity contribution in [3.8, 4) is 17.0 Å². The normalized spacial score (nSPS) is 10.8. The van der Waals surface area contributed by atoms with Crippen LogP contribution in [0.4, 0.5) is 11.6 Å². The Bertz CT molecular complexity index is 1040. The number of hydrogen-bond donors (Lipinski definition) is 1. The average Bonchev–Trinajstić information content (AvgIpc) is 3.03. The van der Waals surface area contributed by atoms with Gasteiger partial charge in [0.25, 0.3) is 0 Å². The van der Waals surface area contributed by atoms with E-state index in [-0.39, 0.29) is 0 Å². The van der Waals surface area contributed by atoms with Crippen molar-refractivity contribution < 1.29 is 4.74 Å². The van der Waals surface area contributed by atoms with Gasteiger partial charge in [0, 0.05) is 17.3 Å². The maximum atomic E-state index is 5.23. The maximum Gasteiger partial charge on any atom is 0.247 e. The van der Waals surface area contributed by atoms with E-state index in [9.17, 15) is 0 Å². The number of hydrogen-bond acceptors (Lipinski definition) is 5. The van der Waals surface area contributed by atoms with Crippen LogP contribution in [-0.4, -0.2) is 26.7 Å². The minimum absolute atomic E-state index is 0.511. The molecule has 0 unspecified atom stereocenters. The van der Waals surface area contributed by atoms with Crippen LogP contribution >= 0.6 is 0 Å². The monoisotopic (exact) mass is 331 g/mol. The number of aryl methyl sites for hydroxylation is 1. The Hall–Kier alpha value is -3.41. The van der Waals surface area contributed by atoms with Gasteiger partial charge in [-0.3, -0.25) is 4.98 Å². The van der Waals surface area contributed by atoms with E-state index in [4.69, 9.17) is 4.74 Å². The molecule has 4 aromatic rings. The number of nitrogens with zero attached hydrogens (tertiary/aromatic N) is 4. The number of nitrogens with one attached hydrogen (secondary N) is 1. The maximum absolute atomic E-state index is 5.23. The Morgan fingerprint density at radius 1 is 1.08 bits per heavy atom. The Kier molecular flexibility index (Phi) is 3.78. The van der Waals surface area contributed by atoms with Crippen LogP contribution in [0.15, 0.2) is 60.9 Å². The Labute approximate surface area is 145 Å². The van der Waals surface area contributed by atoms with Crippen molar-refractivity contribution in [3.63, 3.8) is 0 Å². The molecule has 0 aliphatic heterocycles. The third-order valence-corrected chi connectivity index (χ3v) is 3.97. The second-order valence-corrected chi connectivity index (χ2v) is 5.68. The van der Waals surface area contributed by atoms with Crippen molar-refractivity contribution >= 4 is 17.3 Å². The first kappa shape index (κ1) is 15.1. The number of ether oxygens (including phenoxy) is 1. The second-order valence-electron chi connectivity index (χ2n) is 5.68. The van der Waals surface area contributed by atoms with E-state index in [1.54, 1.807) is 17.8 Å². The van der Waals surface area contributed by atoms with E-state index in [0.717, 1.165) is 22.7 Å². The van der Waals surface area contributed by atoms with E-state index in [1.807, 2.05) is 42.6 Å². The van der Waals surface area contributed by atoms with Gasteiger partial charge >= 0.3 is 0 Å². The van der Waals surface area contributed by atoms with Crippen molar-refractivity contribution in [2.24, 2.45) is 0 Å². The van der Waals surface area contributed by atoms with Gasteiger partial charge in [-0.25, -0.2) is 4.52 Å². The van der Waals surface area contributed by atoms with Crippen molar-refractivity contribution in [2.75, 3.05) is 12.4 Å². The van der Waals surface area contributed by atoms with Gasteiger partial charge in [-0.1, -0.05) is 30.3 Å². The Morgan fingerprint density at radius 3 is 2.80 bits per heavy atom. The molecule has 0 fully saturated rings. The molecule has 0 amide bonds. The van der Waals surface area contributed by atoms with Gasteiger partial charge in [-0.05, 0) is 24.6 Å². The van der Waals surface area contributed by atoms with Gasteiger partial charge in [0.2, 0.25) is 5.95 Å². The quantitative estimate of drug-likeness (QED) is 0.615. The molecule has 0 radical (unpaired) electrons. The predicted octanol–water partition coefficient (Wildman–Crippen LogP) is 3.85. The molecule has 0 aliphatic rings. The average molecular weight is 331 g/mol. The summed E-state index contributed by atoms with van der Waals surface area (Å²) in [5.41, 5.74) is 4.67. The van der Waals surface area contributed by atoms with Crippen LogP contribution in [0.1, 0.15) is 5.56 Å². The molecule has 0 saturated heterocycles. The Balaban J connectivity index is 1.67. The van der Waals surface area contributed by atoms with Gasteiger partial charge in [-0.2, -0.15) is 4.98 Å². The smallest absolute Gasteiger partial charge is 0.247 e. The molecule has 1 N–H and O–H groups in total. The molecule has 2 aromatic carbocycles. The molecule has 2 aromatic heterocycles. The van der Waals surface area contributed by atoms with Crippen LogP contribution < -0.4 is 10.1 Å². The third kappa shape index (κ3) is 3.01. The molecule has 0 spiro atoms. The lowest BCUT2D eigenvalue weighted by Crippen LogP contribution is -1.95. The highest BCUT2D eigenvalue weighted by Crippen LogP contribution is 2.22. The SMILES string of the molecule is COc1cccc(Nc2nc3cnc(-c4ccccc4C)cn3n2)c1. The van der Waals surface area contributed by atoms with Crippen molar-refractivity contribution in [2.45, 2.75) is 6.92 Å². The highest BCUT2D eigenvalue weighted by molar-refractivity contribution is 5.64. The topological polar surface area (TPSA) is 64.3 Å². The summed E-state index contributed by atoms with van der Waals surface area (Å²) in [5, 5.41) is 7.68. The minimum atomic E-state index is 0.511. The molecule has 0 saturated carbocycles. The molecule has 4 rings (SSSR count). The molecule has 124 valence electrons. The lowest BCUT2D eigenvalue weighted by molar-refractivity contribution is 0.415. The summed E-state index contributed by atoms with van der Waals surface area (Å²) in [7, 11) is 1.64. The zero-order valence-corrected chi connectivity index (χ0v) is 14.0. The Morgan fingerprint density at radius 2 is 1.96 bits per heavy atom. The number of anilines is 2. The first-order valence-electron chi connectivity index (χ1n) is 7.92. The van der Waals surface area contributed by atoms with E-state index < -0.39 is 0 Å². The van der Waals surface area contributed by atoms with Gasteiger partial charge in [0.1, 0.15) is 5.75 Å². The van der Waals surface area contributed by atoms with Crippen LogP contribution in [0.2, 0.25) is 0 Å². The first-order chi connectivity index (χ1) is 12.2. The molecule has 6 heteroatoms. The van der Waals surface area contributed by atoms with Crippen molar-refractivity contribution in [1.82, 2.24) is 19.6 Å². The van der Waals surface area contributed by atoms with E-state index >= 15 is 0 Å². The van der Waals surface area contributed by atoms with Crippen molar-refractivity contribution in [1.29, 1.82) is 0 Å². The van der Waals surface area contributed by atoms with E-state index in [0.29, 0.717) is 11.6 Å². The zero-order valence-electron chi connectivity index (χ0n) is 14.0. The molecular weight excluding hydrogens is 314 g/mol. The summed E-state index contributed by atoms with van der Waals surface area (Å²) in [4.78, 5) is 8.97. The van der Waals surface area contributed by atoms with Crippen LogP contribution in [0.25, 0.3) is 16.9 Å². The summed E-state index contributed by atoms with van der Waals surface area (Å²) in [6, 6.07) is 15.8. The summed E-state index contributed by atoms with van der Waals surface area (Å²) >= 11 is 0. The molecule has 6 nitrogen and oxygen atoms in total. The second kappa shape index (κ2) is 6.24. The fourth-order valence-electron chi connectivity index (χ4n) is 2.68. The highest BCUT2D eigenvalue weighted by Gasteiger charge is 2.08. The highest BCUT2D eigenvalue weighted by atomic mass is 16.5. The summed E-state index contributed by atoms with van der Waals surface area (Å²) in [6.07, 6.45) is 3.62. The first-order valence-corrected chi connectivity index (χ1v) is 7.92. The summed E-state index contributed by atoms with van der Waals surface area (Å²) < 4.78 is 6.96. The summed E-state index contributed by atoms with van der Waals surface area (Å²) in [6.45, 7) is 2.07. The molecule has 0 aliphatic carbocycles. The van der Waals surface area contributed by atoms with Gasteiger partial charge in [0.15, 0.2) is 5.65 Å². The fraction of sp³-hybridized carbons (Fsp3) is 0.105. The van der Waals surface area contributed by atoms with Gasteiger partial charge in [-0.15, -0.1) is 5.10 Å². The number of fused-ring (bicyclic) bond motifs is 1. The van der Waals surface area contributed by atoms with E-state index in [2.05, 4.69) is 39.4 Å². The number of methoxy groups -OCH3 is 1. The largest absolute Gasteiger partial charge is 0.497 e. The third-order valence-electron chi connectivity index (χ3n) is 3.97. The number of aromatic nitrogens is 4. The van der Waals surface area contributed by atoms with Gasteiger partial charge in [0.05, 0.1) is 25.2 Å². The van der Waals surface area contributed by atoms with Gasteiger partial charge < -0.3 is 10.1 Å². The predicted molar refractivity (Wildman–Crippen MR) is 97.2 cm³/mol. The van der Waals surface area contributed by atoms with Crippen LogP contribution in [0.3, 0.4) is 0 Å². The molecule has 0 bridgehead atoms. The van der Waals surface area contributed by atoms with Crippen LogP contribution in [-0.2, 0) is 0 Å². The zero-order chi connectivity index (χ0) is 17.2. The minimum Gasteiger partial charge on any atom is -0.497 e. The molecule has 25 heavy (non-hydrogen) atoms. The summed E-state index contributed by atoms with van der Waals surface area (Å²) in [5.74, 6) is 1.29. The number of rotatable bonds is 4. The van der Waals surface area contributed by atoms with Crippen LogP contribution in [0.5, 0.6) is 5.75 Å². The van der Waals surface area contributed by atoms with E-state index in [1.165, 1.54) is 5.56 Å². The lowest BCUT2D eigenvalue weighted by atomic mass is 10.1. The standard InChI is InChI=1S/C19H17N5O/c1-13-6-3-4-9-16(13)17-12-24-18(11-20-17)22-19(23-24)21-14-7-5-8-15(10-14)25-2/h3-12H,1-2H3,(H,21,23). The lowest BCUT2D eigenvalue weighted by Gasteiger charge is -2.04. The van der Waals surface area contributed by atoms with Crippen molar-refractivity contribution in [3.05, 3.63) is 66.5 Å².